The first-order valence-electron chi connectivity index (χ1n) is 8.51. The Balaban J connectivity index is 1.87. The number of aromatic nitrogens is 5. The number of benzene rings is 2. The Kier molecular flexibility index (Phi) is 3.88. The molecule has 2 heterocycles. The van der Waals surface area contributed by atoms with E-state index < -0.39 is 0 Å². The zero-order valence-electron chi connectivity index (χ0n) is 14.9. The van der Waals surface area contributed by atoms with Gasteiger partial charge in [-0.2, -0.15) is 5.10 Å². The number of fused-ring (bicyclic) bond motifs is 1. The molecule has 26 heavy (non-hydrogen) atoms. The minimum absolute atomic E-state index is 0.0838. The molecule has 4 rings (SSSR count). The zero-order valence-corrected chi connectivity index (χ0v) is 14.9. The molecule has 2 aromatic carbocycles. The van der Waals surface area contributed by atoms with Gasteiger partial charge in [0, 0.05) is 0 Å². The molecule has 0 radical (unpaired) electrons. The van der Waals surface area contributed by atoms with Crippen LogP contribution in [0.5, 0.6) is 0 Å². The summed E-state index contributed by atoms with van der Waals surface area (Å²) in [7, 11) is 0. The fourth-order valence-corrected chi connectivity index (χ4v) is 3.13. The average Bonchev–Trinajstić information content (AvgIpc) is 3.04. The minimum atomic E-state index is -0.304. The molecular weight excluding hydrogens is 326 g/mol. The number of para-hydroxylation sites is 1. The smallest absolute Gasteiger partial charge is 0.261 e. The van der Waals surface area contributed by atoms with Crippen LogP contribution in [0.2, 0.25) is 0 Å². The number of rotatable bonds is 3. The minimum Gasteiger partial charge on any atom is -0.288 e. The summed E-state index contributed by atoms with van der Waals surface area (Å²) >= 11 is 0. The molecular formula is C20H19N5O. The molecule has 1 atom stereocenters. The first-order valence-corrected chi connectivity index (χ1v) is 8.51. The van der Waals surface area contributed by atoms with Crippen molar-refractivity contribution in [3.63, 3.8) is 0 Å². The highest BCUT2D eigenvalue weighted by atomic mass is 16.1. The topological polar surface area (TPSA) is 65.6 Å². The molecule has 2 aromatic heterocycles. The molecule has 130 valence electrons. The number of aryl methyl sites for hydroxylation is 2. The molecule has 6 heteroatoms. The highest BCUT2D eigenvalue weighted by Crippen LogP contribution is 2.20. The number of hydrogen-bond acceptors (Lipinski definition) is 4. The Morgan fingerprint density at radius 3 is 2.65 bits per heavy atom. The lowest BCUT2D eigenvalue weighted by Crippen LogP contribution is -2.26. The van der Waals surface area contributed by atoms with Crippen LogP contribution in [0, 0.1) is 13.8 Å². The number of nitrogens with zero attached hydrogens (tertiary/aromatic N) is 5. The maximum atomic E-state index is 12.9. The summed E-state index contributed by atoms with van der Waals surface area (Å²) in [6.45, 7) is 5.83. The van der Waals surface area contributed by atoms with Gasteiger partial charge >= 0.3 is 0 Å². The normalized spacial score (nSPS) is 12.4. The second-order valence-electron chi connectivity index (χ2n) is 6.42. The Morgan fingerprint density at radius 1 is 1.04 bits per heavy atom. The molecule has 0 aliphatic heterocycles. The average molecular weight is 345 g/mol. The van der Waals surface area contributed by atoms with E-state index in [1.54, 1.807) is 21.6 Å². The summed E-state index contributed by atoms with van der Waals surface area (Å²) < 4.78 is 3.41. The molecule has 0 fully saturated rings. The van der Waals surface area contributed by atoms with Gasteiger partial charge in [0.15, 0.2) is 5.82 Å². The van der Waals surface area contributed by atoms with Crippen LogP contribution in [-0.2, 0) is 0 Å². The highest BCUT2D eigenvalue weighted by Gasteiger charge is 2.20. The van der Waals surface area contributed by atoms with Gasteiger partial charge in [-0.1, -0.05) is 24.3 Å². The van der Waals surface area contributed by atoms with Crippen molar-refractivity contribution in [3.8, 4) is 5.69 Å². The van der Waals surface area contributed by atoms with Gasteiger partial charge in [-0.15, -0.1) is 0 Å². The van der Waals surface area contributed by atoms with E-state index in [9.17, 15) is 4.79 Å². The molecule has 0 N–H and O–H groups in total. The van der Waals surface area contributed by atoms with Gasteiger partial charge in [-0.05, 0) is 50.6 Å². The SMILES string of the molecule is Cc1cccc(-n2nc(C)nc2[C@H](C)n2cnc3ccccc3c2=O)c1. The van der Waals surface area contributed by atoms with Gasteiger partial charge in [-0.3, -0.25) is 9.36 Å². The summed E-state index contributed by atoms with van der Waals surface area (Å²) in [6.07, 6.45) is 1.58. The maximum Gasteiger partial charge on any atom is 0.261 e. The first kappa shape index (κ1) is 16.2. The van der Waals surface area contributed by atoms with E-state index in [4.69, 9.17) is 0 Å². The molecule has 0 aliphatic carbocycles. The molecule has 0 unspecified atom stereocenters. The predicted octanol–water partition coefficient (Wildman–Crippen LogP) is 3.20. The zero-order chi connectivity index (χ0) is 18.3. The van der Waals surface area contributed by atoms with Gasteiger partial charge in [0.1, 0.15) is 5.82 Å². The van der Waals surface area contributed by atoms with Crippen LogP contribution >= 0.6 is 0 Å². The Bertz CT molecular complexity index is 1160. The summed E-state index contributed by atoms with van der Waals surface area (Å²) in [5.74, 6) is 1.36. The maximum absolute atomic E-state index is 12.9. The molecule has 6 nitrogen and oxygen atoms in total. The van der Waals surface area contributed by atoms with E-state index in [2.05, 4.69) is 15.1 Å². The fourth-order valence-electron chi connectivity index (χ4n) is 3.13. The standard InChI is InChI=1S/C20H19N5O/c1-13-7-6-8-16(11-13)25-19(22-15(3)23-25)14(2)24-12-21-18-10-5-4-9-17(18)20(24)26/h4-12,14H,1-3H3/t14-/m0/s1. The van der Waals surface area contributed by atoms with Crippen LogP contribution in [-0.4, -0.2) is 24.3 Å². The van der Waals surface area contributed by atoms with E-state index in [1.165, 1.54) is 0 Å². The van der Waals surface area contributed by atoms with E-state index >= 15 is 0 Å². The molecule has 0 aliphatic rings. The van der Waals surface area contributed by atoms with Crippen LogP contribution in [0.15, 0.2) is 59.7 Å². The second-order valence-corrected chi connectivity index (χ2v) is 6.42. The van der Waals surface area contributed by atoms with E-state index in [0.29, 0.717) is 22.6 Å². The largest absolute Gasteiger partial charge is 0.288 e. The number of hydrogen-bond donors (Lipinski definition) is 0. The summed E-state index contributed by atoms with van der Waals surface area (Å²) in [5.41, 5.74) is 2.67. The van der Waals surface area contributed by atoms with Crippen molar-refractivity contribution in [2.75, 3.05) is 0 Å². The van der Waals surface area contributed by atoms with Gasteiger partial charge in [0.2, 0.25) is 0 Å². The summed E-state index contributed by atoms with van der Waals surface area (Å²) in [6, 6.07) is 15.1. The Labute approximate surface area is 150 Å². The second kappa shape index (κ2) is 6.22. The molecule has 0 bridgehead atoms. The molecule has 0 saturated heterocycles. The lowest BCUT2D eigenvalue weighted by molar-refractivity contribution is 0.557. The lowest BCUT2D eigenvalue weighted by atomic mass is 10.2. The summed E-state index contributed by atoms with van der Waals surface area (Å²) in [5, 5.41) is 5.13. The van der Waals surface area contributed by atoms with Crippen LogP contribution < -0.4 is 5.56 Å². The van der Waals surface area contributed by atoms with Crippen LogP contribution in [0.4, 0.5) is 0 Å². The van der Waals surface area contributed by atoms with Gasteiger partial charge in [-0.25, -0.2) is 14.6 Å². The van der Waals surface area contributed by atoms with E-state index in [0.717, 1.165) is 11.3 Å². The van der Waals surface area contributed by atoms with Gasteiger partial charge < -0.3 is 0 Å². The van der Waals surface area contributed by atoms with Crippen molar-refractivity contribution < 1.29 is 0 Å². The van der Waals surface area contributed by atoms with Crippen LogP contribution in [0.25, 0.3) is 16.6 Å². The van der Waals surface area contributed by atoms with Crippen LogP contribution in [0.1, 0.15) is 30.2 Å². The van der Waals surface area contributed by atoms with Gasteiger partial charge in [0.05, 0.1) is 29.0 Å². The Hall–Kier alpha value is -3.28. The molecule has 0 amide bonds. The third kappa shape index (κ3) is 2.69. The molecule has 0 saturated carbocycles. The van der Waals surface area contributed by atoms with Crippen molar-refractivity contribution in [3.05, 3.63) is 82.4 Å². The molecule has 0 spiro atoms. The quantitative estimate of drug-likeness (QED) is 0.572. The van der Waals surface area contributed by atoms with Crippen molar-refractivity contribution in [1.82, 2.24) is 24.3 Å². The van der Waals surface area contributed by atoms with Crippen LogP contribution in [0.3, 0.4) is 0 Å². The van der Waals surface area contributed by atoms with E-state index in [-0.39, 0.29) is 11.6 Å². The van der Waals surface area contributed by atoms with E-state index in [1.807, 2.05) is 63.2 Å². The Morgan fingerprint density at radius 2 is 1.85 bits per heavy atom. The van der Waals surface area contributed by atoms with Crippen molar-refractivity contribution in [2.24, 2.45) is 0 Å². The summed E-state index contributed by atoms with van der Waals surface area (Å²) in [4.78, 5) is 21.9. The lowest BCUT2D eigenvalue weighted by Gasteiger charge is -2.16. The first-order chi connectivity index (χ1) is 12.5. The highest BCUT2D eigenvalue weighted by molar-refractivity contribution is 5.76. The fraction of sp³-hybridized carbons (Fsp3) is 0.200. The van der Waals surface area contributed by atoms with Crippen molar-refractivity contribution in [2.45, 2.75) is 26.8 Å². The molecule has 4 aromatic rings. The predicted molar refractivity (Wildman–Crippen MR) is 101 cm³/mol. The third-order valence-electron chi connectivity index (χ3n) is 4.47. The third-order valence-corrected chi connectivity index (χ3v) is 4.47. The monoisotopic (exact) mass is 345 g/mol. The van der Waals surface area contributed by atoms with Crippen molar-refractivity contribution >= 4 is 10.9 Å². The van der Waals surface area contributed by atoms with Crippen molar-refractivity contribution in [1.29, 1.82) is 0 Å². The van der Waals surface area contributed by atoms with Gasteiger partial charge in [0.25, 0.3) is 5.56 Å².